The summed E-state index contributed by atoms with van der Waals surface area (Å²) in [5, 5.41) is 0. The largest absolute Gasteiger partial charge is 0.493 e. The van der Waals surface area contributed by atoms with Crippen LogP contribution in [-0.4, -0.2) is 25.4 Å². The smallest absolute Gasteiger partial charge is 0.147 e. The van der Waals surface area contributed by atoms with Gasteiger partial charge in [-0.2, -0.15) is 0 Å². The van der Waals surface area contributed by atoms with E-state index in [0.29, 0.717) is 11.6 Å². The summed E-state index contributed by atoms with van der Waals surface area (Å²) in [6.07, 6.45) is 3.10. The number of rotatable bonds is 4. The lowest BCUT2D eigenvalue weighted by Crippen LogP contribution is -2.36. The average molecular weight is 437 g/mol. The van der Waals surface area contributed by atoms with E-state index in [0.717, 1.165) is 54.9 Å². The van der Waals surface area contributed by atoms with E-state index in [1.807, 2.05) is 18.2 Å². The number of nitrogens with one attached hydrogen (secondary N) is 1. The summed E-state index contributed by atoms with van der Waals surface area (Å²) in [6, 6.07) is 11.5. The highest BCUT2D eigenvalue weighted by atomic mass is 79.9. The third-order valence-electron chi connectivity index (χ3n) is 5.11. The monoisotopic (exact) mass is 436 g/mol. The van der Waals surface area contributed by atoms with Gasteiger partial charge in [-0.05, 0) is 55.5 Å². The Labute approximate surface area is 166 Å². The molecule has 0 bridgehead atoms. The molecule has 138 valence electrons. The predicted octanol–water partition coefficient (Wildman–Crippen LogP) is 5.50. The number of benzene rings is 2. The van der Waals surface area contributed by atoms with Gasteiger partial charge in [0.1, 0.15) is 11.6 Å². The van der Waals surface area contributed by atoms with Gasteiger partial charge in [-0.1, -0.05) is 33.9 Å². The Morgan fingerprint density at radius 3 is 2.88 bits per heavy atom. The Hall–Kier alpha value is -1.40. The summed E-state index contributed by atoms with van der Waals surface area (Å²) in [7, 11) is 0. The molecule has 0 spiro atoms. The molecule has 2 aliphatic rings. The number of ether oxygens (including phenoxy) is 1. The summed E-state index contributed by atoms with van der Waals surface area (Å²) in [4.78, 5) is 2.14. The number of halogens is 2. The van der Waals surface area contributed by atoms with Crippen LogP contribution in [0, 0.1) is 11.7 Å². The second-order valence-corrected chi connectivity index (χ2v) is 8.64. The molecular weight excluding hydrogens is 415 g/mol. The predicted molar refractivity (Wildman–Crippen MR) is 111 cm³/mol. The minimum Gasteiger partial charge on any atom is -0.493 e. The minimum atomic E-state index is -0.157. The van der Waals surface area contributed by atoms with E-state index < -0.39 is 0 Å². The minimum absolute atomic E-state index is 0.157. The molecule has 2 aromatic carbocycles. The van der Waals surface area contributed by atoms with E-state index in [-0.39, 0.29) is 5.82 Å². The van der Waals surface area contributed by atoms with Crippen LogP contribution in [0.25, 0.3) is 0 Å². The number of piperidine rings is 1. The molecule has 2 aliphatic heterocycles. The van der Waals surface area contributed by atoms with Crippen LogP contribution in [0.5, 0.6) is 5.75 Å². The van der Waals surface area contributed by atoms with Crippen LogP contribution in [0.4, 0.5) is 15.8 Å². The fourth-order valence-electron chi connectivity index (χ4n) is 3.62. The Balaban J connectivity index is 1.33. The molecule has 2 aromatic rings. The highest BCUT2D eigenvalue weighted by Crippen LogP contribution is 2.34. The van der Waals surface area contributed by atoms with Gasteiger partial charge in [0.15, 0.2) is 0 Å². The molecule has 0 unspecified atom stereocenters. The average Bonchev–Trinajstić information content (AvgIpc) is 2.67. The van der Waals surface area contributed by atoms with Crippen molar-refractivity contribution in [1.82, 2.24) is 0 Å². The lowest BCUT2D eigenvalue weighted by molar-refractivity contribution is 0.221. The lowest BCUT2D eigenvalue weighted by Gasteiger charge is -2.34. The van der Waals surface area contributed by atoms with Gasteiger partial charge in [-0.3, -0.25) is 0 Å². The van der Waals surface area contributed by atoms with Crippen molar-refractivity contribution in [3.05, 3.63) is 52.3 Å². The molecule has 1 saturated heterocycles. The van der Waals surface area contributed by atoms with Crippen molar-refractivity contribution < 1.29 is 9.13 Å². The standard InChI is InChI=1S/C20H22BrFN2OS/c21-15-4-5-19(17(22)12-15)24-9-6-14(7-10-24)13-25-20-3-1-2-18-16(20)8-11-26-23-18/h1-5,12,14,23H,6-11,13H2. The van der Waals surface area contributed by atoms with Gasteiger partial charge in [0.2, 0.25) is 0 Å². The van der Waals surface area contributed by atoms with Crippen LogP contribution < -0.4 is 14.4 Å². The molecule has 26 heavy (non-hydrogen) atoms. The number of anilines is 2. The highest BCUT2D eigenvalue weighted by Gasteiger charge is 2.22. The maximum Gasteiger partial charge on any atom is 0.147 e. The van der Waals surface area contributed by atoms with Crippen molar-refractivity contribution in [3.63, 3.8) is 0 Å². The van der Waals surface area contributed by atoms with Gasteiger partial charge in [0, 0.05) is 28.9 Å². The first-order chi connectivity index (χ1) is 12.7. The van der Waals surface area contributed by atoms with Gasteiger partial charge < -0.3 is 14.4 Å². The van der Waals surface area contributed by atoms with Gasteiger partial charge in [0.25, 0.3) is 0 Å². The maximum atomic E-state index is 14.2. The van der Waals surface area contributed by atoms with Gasteiger partial charge >= 0.3 is 0 Å². The van der Waals surface area contributed by atoms with E-state index >= 15 is 0 Å². The van der Waals surface area contributed by atoms with Gasteiger partial charge in [0.05, 0.1) is 18.0 Å². The third-order valence-corrected chi connectivity index (χ3v) is 6.37. The van der Waals surface area contributed by atoms with Crippen LogP contribution in [0.1, 0.15) is 18.4 Å². The van der Waals surface area contributed by atoms with Crippen molar-refractivity contribution in [3.8, 4) is 5.75 Å². The quantitative estimate of drug-likeness (QED) is 0.639. The fraction of sp³-hybridized carbons (Fsp3) is 0.400. The first-order valence-electron chi connectivity index (χ1n) is 9.03. The molecule has 4 rings (SSSR count). The molecule has 1 N–H and O–H groups in total. The zero-order valence-corrected chi connectivity index (χ0v) is 16.9. The Morgan fingerprint density at radius 1 is 1.23 bits per heavy atom. The molecule has 1 fully saturated rings. The Kier molecular flexibility index (Phi) is 5.60. The molecule has 0 saturated carbocycles. The molecule has 3 nitrogen and oxygen atoms in total. The molecule has 0 aromatic heterocycles. The molecular formula is C20H22BrFN2OS. The summed E-state index contributed by atoms with van der Waals surface area (Å²) in [6.45, 7) is 2.48. The van der Waals surface area contributed by atoms with E-state index in [1.165, 1.54) is 17.3 Å². The topological polar surface area (TPSA) is 24.5 Å². The summed E-state index contributed by atoms with van der Waals surface area (Å²) < 4.78 is 24.5. The third kappa shape index (κ3) is 3.96. The number of fused-ring (bicyclic) bond motifs is 1. The van der Waals surface area contributed by atoms with E-state index in [4.69, 9.17) is 4.74 Å². The molecule has 0 aliphatic carbocycles. The van der Waals surface area contributed by atoms with Crippen LogP contribution in [0.15, 0.2) is 40.9 Å². The summed E-state index contributed by atoms with van der Waals surface area (Å²) in [5.41, 5.74) is 3.17. The lowest BCUT2D eigenvalue weighted by atomic mass is 9.97. The van der Waals surface area contributed by atoms with Crippen molar-refractivity contribution >= 4 is 39.3 Å². The molecule has 0 radical (unpaired) electrons. The van der Waals surface area contributed by atoms with E-state index in [2.05, 4.69) is 37.7 Å². The first-order valence-corrected chi connectivity index (χ1v) is 10.8. The Bertz CT molecular complexity index is 780. The highest BCUT2D eigenvalue weighted by molar-refractivity contribution is 9.10. The molecule has 0 amide bonds. The normalized spacial score (nSPS) is 17.5. The van der Waals surface area contributed by atoms with Gasteiger partial charge in [-0.25, -0.2) is 4.39 Å². The van der Waals surface area contributed by atoms with Crippen LogP contribution in [0.2, 0.25) is 0 Å². The maximum absolute atomic E-state index is 14.2. The van der Waals surface area contributed by atoms with Crippen LogP contribution in [-0.2, 0) is 6.42 Å². The van der Waals surface area contributed by atoms with E-state index in [1.54, 1.807) is 11.9 Å². The van der Waals surface area contributed by atoms with Crippen LogP contribution in [0.3, 0.4) is 0 Å². The second kappa shape index (κ2) is 8.09. The van der Waals surface area contributed by atoms with Crippen molar-refractivity contribution in [2.75, 3.05) is 35.1 Å². The number of hydrogen-bond donors (Lipinski definition) is 1. The first kappa shape index (κ1) is 18.0. The summed E-state index contributed by atoms with van der Waals surface area (Å²) >= 11 is 5.07. The fourth-order valence-corrected chi connectivity index (χ4v) is 4.71. The molecule has 2 heterocycles. The zero-order chi connectivity index (χ0) is 17.9. The van der Waals surface area contributed by atoms with E-state index in [9.17, 15) is 4.39 Å². The summed E-state index contributed by atoms with van der Waals surface area (Å²) in [5.74, 6) is 2.45. The van der Waals surface area contributed by atoms with Crippen molar-refractivity contribution in [2.24, 2.45) is 5.92 Å². The molecule has 0 atom stereocenters. The molecule has 6 heteroatoms. The van der Waals surface area contributed by atoms with Crippen LogP contribution >= 0.6 is 27.9 Å². The zero-order valence-electron chi connectivity index (χ0n) is 14.5. The van der Waals surface area contributed by atoms with Gasteiger partial charge in [-0.15, -0.1) is 0 Å². The number of nitrogens with zero attached hydrogens (tertiary/aromatic N) is 1. The number of hydrogen-bond acceptors (Lipinski definition) is 4. The van der Waals surface area contributed by atoms with Crippen molar-refractivity contribution in [1.29, 1.82) is 0 Å². The SMILES string of the molecule is Fc1cc(Br)ccc1N1CCC(COc2cccc3c2CCSN3)CC1. The van der Waals surface area contributed by atoms with Crippen molar-refractivity contribution in [2.45, 2.75) is 19.3 Å². The second-order valence-electron chi connectivity index (χ2n) is 6.82. The Morgan fingerprint density at radius 2 is 2.08 bits per heavy atom.